The number of hydrogen-bond acceptors (Lipinski definition) is 4. The zero-order chi connectivity index (χ0) is 19.5. The molecular weight excluding hydrogens is 352 g/mol. The van der Waals surface area contributed by atoms with Crippen molar-refractivity contribution in [3.8, 4) is 0 Å². The molecule has 0 bridgehead atoms. The van der Waals surface area contributed by atoms with E-state index in [1.807, 2.05) is 6.08 Å². The van der Waals surface area contributed by atoms with E-state index in [0.29, 0.717) is 18.8 Å². The first-order valence-electron chi connectivity index (χ1n) is 9.73. The van der Waals surface area contributed by atoms with Gasteiger partial charge in [0.1, 0.15) is 5.82 Å². The summed E-state index contributed by atoms with van der Waals surface area (Å²) in [6, 6.07) is 8.10. The van der Waals surface area contributed by atoms with Crippen LogP contribution >= 0.6 is 0 Å². The molecule has 144 valence electrons. The Hall–Kier alpha value is -3.02. The molecule has 1 saturated carbocycles. The summed E-state index contributed by atoms with van der Waals surface area (Å²) in [4.78, 5) is 33.3. The Bertz CT molecular complexity index is 892. The SMILES string of the molecule is Cc1ccc(C2=CC=NCC2NC(=O)C2C=C(NC(=O)C3CC3)N=CC2)cc1. The Morgan fingerprint density at radius 3 is 2.64 bits per heavy atom. The highest BCUT2D eigenvalue weighted by atomic mass is 16.2. The molecule has 3 aliphatic rings. The topological polar surface area (TPSA) is 82.9 Å². The third-order valence-electron chi connectivity index (χ3n) is 5.21. The van der Waals surface area contributed by atoms with E-state index in [1.54, 1.807) is 18.5 Å². The van der Waals surface area contributed by atoms with Crippen molar-refractivity contribution in [3.63, 3.8) is 0 Å². The van der Waals surface area contributed by atoms with Crippen molar-refractivity contribution >= 4 is 29.8 Å². The van der Waals surface area contributed by atoms with Gasteiger partial charge in [-0.2, -0.15) is 0 Å². The maximum absolute atomic E-state index is 12.9. The van der Waals surface area contributed by atoms with Crippen molar-refractivity contribution in [1.29, 1.82) is 0 Å². The lowest BCUT2D eigenvalue weighted by Gasteiger charge is -2.25. The number of allylic oxidation sites excluding steroid dienone is 1. The van der Waals surface area contributed by atoms with Crippen LogP contribution < -0.4 is 10.6 Å². The Labute approximate surface area is 164 Å². The Balaban J connectivity index is 1.43. The minimum Gasteiger partial charge on any atom is -0.347 e. The number of aliphatic imine (C=N–C) groups is 2. The van der Waals surface area contributed by atoms with E-state index in [4.69, 9.17) is 0 Å². The van der Waals surface area contributed by atoms with E-state index in [0.717, 1.165) is 24.0 Å². The third-order valence-corrected chi connectivity index (χ3v) is 5.21. The van der Waals surface area contributed by atoms with Crippen LogP contribution in [0.4, 0.5) is 0 Å². The lowest BCUT2D eigenvalue weighted by Crippen LogP contribution is -2.42. The molecule has 2 atom stereocenters. The third kappa shape index (κ3) is 4.27. The van der Waals surface area contributed by atoms with Crippen LogP contribution in [-0.2, 0) is 9.59 Å². The van der Waals surface area contributed by atoms with Crippen molar-refractivity contribution in [2.24, 2.45) is 21.8 Å². The van der Waals surface area contributed by atoms with Crippen LogP contribution in [0, 0.1) is 18.8 Å². The number of carbonyl (C=O) groups is 2. The number of hydrogen-bond donors (Lipinski definition) is 2. The normalized spacial score (nSPS) is 23.6. The Morgan fingerprint density at radius 2 is 1.89 bits per heavy atom. The van der Waals surface area contributed by atoms with Gasteiger partial charge in [-0.05, 0) is 49.5 Å². The van der Waals surface area contributed by atoms with Crippen molar-refractivity contribution < 1.29 is 9.59 Å². The number of dihydropyridines is 1. The number of carbonyl (C=O) groups excluding carboxylic acids is 2. The van der Waals surface area contributed by atoms with Crippen LogP contribution in [0.5, 0.6) is 0 Å². The highest BCUT2D eigenvalue weighted by Crippen LogP contribution is 2.29. The summed E-state index contributed by atoms with van der Waals surface area (Å²) in [6.07, 6.45) is 9.58. The summed E-state index contributed by atoms with van der Waals surface area (Å²) in [5.41, 5.74) is 3.33. The predicted octanol–water partition coefficient (Wildman–Crippen LogP) is 2.41. The predicted molar refractivity (Wildman–Crippen MR) is 110 cm³/mol. The number of nitrogens with one attached hydrogen (secondary N) is 2. The minimum atomic E-state index is -0.350. The summed E-state index contributed by atoms with van der Waals surface area (Å²) < 4.78 is 0. The number of benzene rings is 1. The molecule has 0 saturated heterocycles. The molecule has 6 heteroatoms. The van der Waals surface area contributed by atoms with E-state index < -0.39 is 0 Å². The molecule has 4 rings (SSSR count). The largest absolute Gasteiger partial charge is 0.347 e. The summed E-state index contributed by atoms with van der Waals surface area (Å²) in [7, 11) is 0. The van der Waals surface area contributed by atoms with Gasteiger partial charge >= 0.3 is 0 Å². The summed E-state index contributed by atoms with van der Waals surface area (Å²) in [6.45, 7) is 2.57. The van der Waals surface area contributed by atoms with Crippen molar-refractivity contribution in [3.05, 3.63) is 53.4 Å². The first-order valence-corrected chi connectivity index (χ1v) is 9.73. The minimum absolute atomic E-state index is 0.00401. The summed E-state index contributed by atoms with van der Waals surface area (Å²) >= 11 is 0. The van der Waals surface area contributed by atoms with Gasteiger partial charge in [0.25, 0.3) is 0 Å². The van der Waals surface area contributed by atoms with Gasteiger partial charge in [-0.1, -0.05) is 29.8 Å². The molecule has 2 amide bonds. The molecule has 1 aliphatic carbocycles. The molecule has 0 spiro atoms. The second kappa shape index (κ2) is 7.92. The van der Waals surface area contributed by atoms with Crippen LogP contribution in [0.15, 0.2) is 52.2 Å². The fourth-order valence-corrected chi connectivity index (χ4v) is 3.36. The highest BCUT2D eigenvalue weighted by Gasteiger charge is 2.31. The van der Waals surface area contributed by atoms with Gasteiger partial charge < -0.3 is 10.6 Å². The van der Waals surface area contributed by atoms with Gasteiger partial charge in [-0.3, -0.25) is 14.6 Å². The van der Waals surface area contributed by atoms with Gasteiger partial charge in [-0.15, -0.1) is 0 Å². The molecule has 1 aromatic carbocycles. The van der Waals surface area contributed by atoms with Gasteiger partial charge in [0.05, 0.1) is 18.5 Å². The van der Waals surface area contributed by atoms with Crippen LogP contribution in [0.3, 0.4) is 0 Å². The quantitative estimate of drug-likeness (QED) is 0.827. The molecule has 1 fully saturated rings. The zero-order valence-electron chi connectivity index (χ0n) is 15.9. The number of rotatable bonds is 5. The number of nitrogens with zero attached hydrogens (tertiary/aromatic N) is 2. The van der Waals surface area contributed by atoms with E-state index in [2.05, 4.69) is 51.8 Å². The molecule has 2 N–H and O–H groups in total. The first-order chi connectivity index (χ1) is 13.6. The zero-order valence-corrected chi connectivity index (χ0v) is 15.9. The number of aryl methyl sites for hydroxylation is 1. The summed E-state index contributed by atoms with van der Waals surface area (Å²) in [5.74, 6) is 0.143. The molecule has 28 heavy (non-hydrogen) atoms. The first kappa shape index (κ1) is 18.3. The standard InChI is InChI=1S/C22H24N4O2/c1-14-2-4-15(5-3-14)18-9-10-23-13-19(18)25-22(28)17-8-11-24-20(12-17)26-21(27)16-6-7-16/h2-5,9-12,16-17,19H,6-8,13H2,1H3,(H,25,28)(H,26,27). The van der Waals surface area contributed by atoms with Gasteiger partial charge in [0.2, 0.25) is 11.8 Å². The van der Waals surface area contributed by atoms with Crippen LogP contribution in [-0.4, -0.2) is 36.8 Å². The molecule has 0 radical (unpaired) electrons. The van der Waals surface area contributed by atoms with Crippen LogP contribution in [0.2, 0.25) is 0 Å². The average Bonchev–Trinajstić information content (AvgIpc) is 3.55. The van der Waals surface area contributed by atoms with Crippen molar-refractivity contribution in [2.45, 2.75) is 32.2 Å². The fourth-order valence-electron chi connectivity index (χ4n) is 3.36. The van der Waals surface area contributed by atoms with Crippen molar-refractivity contribution in [2.75, 3.05) is 6.54 Å². The average molecular weight is 376 g/mol. The monoisotopic (exact) mass is 376 g/mol. The second-order valence-electron chi connectivity index (χ2n) is 7.53. The second-order valence-corrected chi connectivity index (χ2v) is 7.53. The molecule has 2 heterocycles. The van der Waals surface area contributed by atoms with Crippen molar-refractivity contribution in [1.82, 2.24) is 10.6 Å². The van der Waals surface area contributed by atoms with Crippen LogP contribution in [0.25, 0.3) is 5.57 Å². The van der Waals surface area contributed by atoms with Gasteiger partial charge in [0.15, 0.2) is 0 Å². The maximum Gasteiger partial charge on any atom is 0.228 e. The molecular formula is C22H24N4O2. The van der Waals surface area contributed by atoms with E-state index in [1.165, 1.54) is 5.56 Å². The highest BCUT2D eigenvalue weighted by molar-refractivity contribution is 5.92. The number of amides is 2. The lowest BCUT2D eigenvalue weighted by atomic mass is 9.94. The van der Waals surface area contributed by atoms with Gasteiger partial charge in [0, 0.05) is 18.3 Å². The Morgan fingerprint density at radius 1 is 1.11 bits per heavy atom. The Kier molecular flexibility index (Phi) is 5.19. The molecule has 0 aromatic heterocycles. The molecule has 6 nitrogen and oxygen atoms in total. The fraction of sp³-hybridized carbons (Fsp3) is 0.364. The van der Waals surface area contributed by atoms with Gasteiger partial charge in [-0.25, -0.2) is 4.99 Å². The van der Waals surface area contributed by atoms with E-state index >= 15 is 0 Å². The smallest absolute Gasteiger partial charge is 0.228 e. The molecule has 2 aliphatic heterocycles. The molecule has 1 aromatic rings. The summed E-state index contributed by atoms with van der Waals surface area (Å²) in [5, 5.41) is 5.94. The van der Waals surface area contributed by atoms with E-state index in [-0.39, 0.29) is 29.7 Å². The lowest BCUT2D eigenvalue weighted by molar-refractivity contribution is -0.124. The maximum atomic E-state index is 12.9. The van der Waals surface area contributed by atoms with E-state index in [9.17, 15) is 9.59 Å². The molecule has 2 unspecified atom stereocenters. The van der Waals surface area contributed by atoms with Crippen LogP contribution in [0.1, 0.15) is 30.4 Å².